The number of benzene rings is 1. The highest BCUT2D eigenvalue weighted by Gasteiger charge is 2.06. The zero-order valence-electron chi connectivity index (χ0n) is 8.96. The van der Waals surface area contributed by atoms with Crippen LogP contribution in [-0.4, -0.2) is 9.55 Å². The molecule has 0 aliphatic heterocycles. The van der Waals surface area contributed by atoms with Gasteiger partial charge in [0, 0.05) is 17.7 Å². The number of imidazole rings is 1. The quantitative estimate of drug-likeness (QED) is 0.912. The van der Waals surface area contributed by atoms with E-state index in [2.05, 4.69) is 26.2 Å². The first kappa shape index (κ1) is 11.5. The van der Waals surface area contributed by atoms with Gasteiger partial charge in [0.15, 0.2) is 0 Å². The van der Waals surface area contributed by atoms with Gasteiger partial charge in [0.05, 0.1) is 16.4 Å². The second-order valence-corrected chi connectivity index (χ2v) is 4.89. The molecule has 1 aromatic carbocycles. The molecule has 0 radical (unpaired) electrons. The Morgan fingerprint density at radius 2 is 2.19 bits per heavy atom. The van der Waals surface area contributed by atoms with E-state index in [9.17, 15) is 0 Å². The highest BCUT2D eigenvalue weighted by molar-refractivity contribution is 9.10. The van der Waals surface area contributed by atoms with Crippen LogP contribution in [0.1, 0.15) is 5.69 Å². The number of aromatic nitrogens is 2. The van der Waals surface area contributed by atoms with E-state index in [-0.39, 0.29) is 0 Å². The fourth-order valence-corrected chi connectivity index (χ4v) is 1.97. The molecule has 2 rings (SSSR count). The van der Waals surface area contributed by atoms with Gasteiger partial charge in [-0.2, -0.15) is 0 Å². The molecule has 0 unspecified atom stereocenters. The lowest BCUT2D eigenvalue weighted by molar-refractivity contribution is 0.924. The van der Waals surface area contributed by atoms with Gasteiger partial charge in [-0.1, -0.05) is 27.5 Å². The minimum atomic E-state index is 0.670. The van der Waals surface area contributed by atoms with E-state index in [1.165, 1.54) is 0 Å². The van der Waals surface area contributed by atoms with Gasteiger partial charge in [0.1, 0.15) is 0 Å². The van der Waals surface area contributed by atoms with Gasteiger partial charge in [-0.25, -0.2) is 4.98 Å². The van der Waals surface area contributed by atoms with Gasteiger partial charge >= 0.3 is 0 Å². The summed E-state index contributed by atoms with van der Waals surface area (Å²) in [5.41, 5.74) is 1.81. The summed E-state index contributed by atoms with van der Waals surface area (Å²) in [5, 5.41) is 3.86. The SMILES string of the molecule is Cc1cn(C)c(Nc2cc(Br)ccc2Cl)n1. The number of hydrogen-bond acceptors (Lipinski definition) is 2. The molecule has 2 aromatic rings. The summed E-state index contributed by atoms with van der Waals surface area (Å²) >= 11 is 9.49. The Balaban J connectivity index is 2.33. The van der Waals surface area contributed by atoms with Crippen molar-refractivity contribution >= 4 is 39.2 Å². The molecule has 3 nitrogen and oxygen atoms in total. The normalized spacial score (nSPS) is 10.5. The highest BCUT2D eigenvalue weighted by Crippen LogP contribution is 2.28. The average molecular weight is 301 g/mol. The Hall–Kier alpha value is -1.00. The van der Waals surface area contributed by atoms with Crippen molar-refractivity contribution in [2.24, 2.45) is 7.05 Å². The van der Waals surface area contributed by atoms with Gasteiger partial charge in [-0.05, 0) is 25.1 Å². The van der Waals surface area contributed by atoms with Crippen LogP contribution in [0.5, 0.6) is 0 Å². The van der Waals surface area contributed by atoms with Crippen molar-refractivity contribution in [1.82, 2.24) is 9.55 Å². The lowest BCUT2D eigenvalue weighted by Crippen LogP contribution is -1.98. The van der Waals surface area contributed by atoms with Crippen molar-refractivity contribution in [2.45, 2.75) is 6.92 Å². The number of hydrogen-bond donors (Lipinski definition) is 1. The molecule has 0 atom stereocenters. The van der Waals surface area contributed by atoms with Gasteiger partial charge in [0.2, 0.25) is 5.95 Å². The van der Waals surface area contributed by atoms with Crippen LogP contribution in [0.25, 0.3) is 0 Å². The molecule has 0 amide bonds. The summed E-state index contributed by atoms with van der Waals surface area (Å²) in [4.78, 5) is 4.35. The standard InChI is InChI=1S/C11H11BrClN3/c1-7-6-16(2)11(14-7)15-10-5-8(12)3-4-9(10)13/h3-6H,1-2H3,(H,14,15). The zero-order valence-corrected chi connectivity index (χ0v) is 11.3. The topological polar surface area (TPSA) is 29.9 Å². The van der Waals surface area contributed by atoms with Crippen molar-refractivity contribution in [3.8, 4) is 0 Å². The summed E-state index contributed by atoms with van der Waals surface area (Å²) in [5.74, 6) is 0.775. The number of halogens is 2. The number of nitrogens with one attached hydrogen (secondary N) is 1. The Kier molecular flexibility index (Phi) is 3.21. The van der Waals surface area contributed by atoms with Gasteiger partial charge in [0.25, 0.3) is 0 Å². The van der Waals surface area contributed by atoms with E-state index >= 15 is 0 Å². The van der Waals surface area contributed by atoms with Crippen LogP contribution in [0.4, 0.5) is 11.6 Å². The minimum absolute atomic E-state index is 0.670. The molecule has 5 heteroatoms. The Morgan fingerprint density at radius 1 is 1.44 bits per heavy atom. The van der Waals surface area contributed by atoms with Crippen LogP contribution in [0, 0.1) is 6.92 Å². The lowest BCUT2D eigenvalue weighted by Gasteiger charge is -2.08. The highest BCUT2D eigenvalue weighted by atomic mass is 79.9. The second kappa shape index (κ2) is 4.47. The van der Waals surface area contributed by atoms with Crippen molar-refractivity contribution < 1.29 is 0 Å². The molecule has 84 valence electrons. The predicted molar refractivity (Wildman–Crippen MR) is 70.4 cm³/mol. The molecule has 0 saturated carbocycles. The molecule has 0 aliphatic rings. The van der Waals surface area contributed by atoms with E-state index in [1.54, 1.807) is 0 Å². The maximum absolute atomic E-state index is 6.08. The van der Waals surface area contributed by atoms with Crippen LogP contribution in [0.15, 0.2) is 28.9 Å². The summed E-state index contributed by atoms with van der Waals surface area (Å²) in [6.45, 7) is 1.95. The van der Waals surface area contributed by atoms with Gasteiger partial charge in [-0.3, -0.25) is 0 Å². The molecule has 16 heavy (non-hydrogen) atoms. The summed E-state index contributed by atoms with van der Waals surface area (Å²) in [6, 6.07) is 5.66. The molecule has 0 bridgehead atoms. The fourth-order valence-electron chi connectivity index (χ4n) is 1.45. The minimum Gasteiger partial charge on any atom is -0.324 e. The number of nitrogens with zero attached hydrogens (tertiary/aromatic N) is 2. The zero-order chi connectivity index (χ0) is 11.7. The molecule has 0 aliphatic carbocycles. The monoisotopic (exact) mass is 299 g/mol. The maximum Gasteiger partial charge on any atom is 0.207 e. The van der Waals surface area contributed by atoms with Crippen molar-refractivity contribution in [1.29, 1.82) is 0 Å². The molecule has 1 N–H and O–H groups in total. The molecule has 0 saturated heterocycles. The largest absolute Gasteiger partial charge is 0.324 e. The molecular formula is C11H11BrClN3. The third-order valence-corrected chi connectivity index (χ3v) is 2.99. The van der Waals surface area contributed by atoms with Crippen molar-refractivity contribution in [3.63, 3.8) is 0 Å². The maximum atomic E-state index is 6.08. The van der Waals surface area contributed by atoms with Crippen LogP contribution in [-0.2, 0) is 7.05 Å². The van der Waals surface area contributed by atoms with Crippen molar-refractivity contribution in [3.05, 3.63) is 39.6 Å². The van der Waals surface area contributed by atoms with E-state index in [1.807, 2.05) is 42.9 Å². The van der Waals surface area contributed by atoms with Crippen molar-refractivity contribution in [2.75, 3.05) is 5.32 Å². The average Bonchev–Trinajstić information content (AvgIpc) is 2.51. The number of rotatable bonds is 2. The smallest absolute Gasteiger partial charge is 0.207 e. The van der Waals surface area contributed by atoms with Crippen LogP contribution < -0.4 is 5.32 Å². The summed E-state index contributed by atoms with van der Waals surface area (Å²) in [6.07, 6.45) is 1.95. The first-order chi connectivity index (χ1) is 7.56. The van der Waals surface area contributed by atoms with E-state index in [0.717, 1.165) is 21.8 Å². The summed E-state index contributed by atoms with van der Waals surface area (Å²) < 4.78 is 2.90. The first-order valence-electron chi connectivity index (χ1n) is 4.78. The van der Waals surface area contributed by atoms with E-state index in [0.29, 0.717) is 5.02 Å². The Labute approximate surface area is 108 Å². The second-order valence-electron chi connectivity index (χ2n) is 3.57. The number of anilines is 2. The van der Waals surface area contributed by atoms with Crippen LogP contribution in [0.3, 0.4) is 0 Å². The van der Waals surface area contributed by atoms with Gasteiger partial charge in [-0.15, -0.1) is 0 Å². The number of aryl methyl sites for hydroxylation is 2. The summed E-state index contributed by atoms with van der Waals surface area (Å²) in [7, 11) is 1.94. The van der Waals surface area contributed by atoms with Crippen LogP contribution >= 0.6 is 27.5 Å². The third-order valence-electron chi connectivity index (χ3n) is 2.17. The molecule has 1 aromatic heterocycles. The van der Waals surface area contributed by atoms with E-state index < -0.39 is 0 Å². The molecule has 1 heterocycles. The predicted octanol–water partition coefficient (Wildman–Crippen LogP) is 3.89. The third kappa shape index (κ3) is 2.39. The van der Waals surface area contributed by atoms with Crippen LogP contribution in [0.2, 0.25) is 5.02 Å². The van der Waals surface area contributed by atoms with Gasteiger partial charge < -0.3 is 9.88 Å². The molecule has 0 fully saturated rings. The fraction of sp³-hybridized carbons (Fsp3) is 0.182. The Bertz CT molecular complexity index is 522. The van der Waals surface area contributed by atoms with E-state index in [4.69, 9.17) is 11.6 Å². The Morgan fingerprint density at radius 3 is 2.81 bits per heavy atom. The lowest BCUT2D eigenvalue weighted by atomic mass is 10.3. The molecule has 0 spiro atoms. The molecular weight excluding hydrogens is 289 g/mol. The first-order valence-corrected chi connectivity index (χ1v) is 5.95.